The molecule has 0 fully saturated rings. The highest BCUT2D eigenvalue weighted by Crippen LogP contribution is 2.16. The van der Waals surface area contributed by atoms with Gasteiger partial charge in [0.1, 0.15) is 0 Å². The summed E-state index contributed by atoms with van der Waals surface area (Å²) in [5, 5.41) is 3.83. The van der Waals surface area contributed by atoms with Gasteiger partial charge < -0.3 is 15.5 Å². The molecule has 48 heavy (non-hydrogen) atoms. The van der Waals surface area contributed by atoms with E-state index in [1.165, 1.54) is 89.9 Å². The predicted molar refractivity (Wildman–Crippen MR) is 185 cm³/mol. The van der Waals surface area contributed by atoms with Crippen LogP contribution in [0.15, 0.2) is 12.2 Å². The molecule has 0 atom stereocenters. The number of carbonyl (C=O) groups excluding carboxylic acids is 2. The maximum absolute atomic E-state index is 12.3. The maximum Gasteiger partial charge on any atom is 0.471 e. The summed E-state index contributed by atoms with van der Waals surface area (Å²) in [5.74, 6) is -3.75. The highest BCUT2D eigenvalue weighted by atomic mass is 19.4. The van der Waals surface area contributed by atoms with E-state index in [-0.39, 0.29) is 13.1 Å². The van der Waals surface area contributed by atoms with Gasteiger partial charge in [-0.2, -0.15) is 26.3 Å². The van der Waals surface area contributed by atoms with Crippen LogP contribution < -0.4 is 10.6 Å². The largest absolute Gasteiger partial charge is 0.471 e. The maximum atomic E-state index is 12.3. The zero-order valence-electron chi connectivity index (χ0n) is 29.9. The van der Waals surface area contributed by atoms with Gasteiger partial charge in [0.15, 0.2) is 0 Å². The SMILES string of the molecule is CCCCCCCC/C=C\CCCCCCCCN(CCCCCCCCNC(=O)C(F)(F)F)CCCCCCCNC(=O)C(F)(F)F. The van der Waals surface area contributed by atoms with Gasteiger partial charge in [-0.1, -0.05) is 122 Å². The van der Waals surface area contributed by atoms with E-state index in [4.69, 9.17) is 0 Å². The minimum absolute atomic E-state index is 0.0443. The van der Waals surface area contributed by atoms with E-state index in [9.17, 15) is 35.9 Å². The van der Waals surface area contributed by atoms with E-state index >= 15 is 0 Å². The first-order valence-electron chi connectivity index (χ1n) is 19.1. The minimum Gasteiger partial charge on any atom is -0.348 e. The van der Waals surface area contributed by atoms with Crippen LogP contribution in [0.5, 0.6) is 0 Å². The van der Waals surface area contributed by atoms with Crippen molar-refractivity contribution in [2.75, 3.05) is 32.7 Å². The van der Waals surface area contributed by atoms with E-state index in [0.717, 1.165) is 77.4 Å². The number of allylic oxidation sites excluding steroid dienone is 2. The van der Waals surface area contributed by atoms with Gasteiger partial charge in [0.05, 0.1) is 0 Å². The zero-order valence-corrected chi connectivity index (χ0v) is 29.9. The molecule has 0 saturated heterocycles. The van der Waals surface area contributed by atoms with Crippen LogP contribution in [0.4, 0.5) is 26.3 Å². The molecule has 2 amide bonds. The zero-order chi connectivity index (χ0) is 35.8. The van der Waals surface area contributed by atoms with Crippen LogP contribution in [0.2, 0.25) is 0 Å². The Morgan fingerprint density at radius 2 is 0.750 bits per heavy atom. The van der Waals surface area contributed by atoms with Crippen molar-refractivity contribution in [1.82, 2.24) is 15.5 Å². The number of rotatable bonds is 33. The van der Waals surface area contributed by atoms with Crippen molar-refractivity contribution in [2.24, 2.45) is 0 Å². The van der Waals surface area contributed by atoms with Gasteiger partial charge in [0.2, 0.25) is 0 Å². The van der Waals surface area contributed by atoms with Crippen LogP contribution in [0.1, 0.15) is 167 Å². The summed E-state index contributed by atoms with van der Waals surface area (Å²) in [6, 6.07) is 0. The topological polar surface area (TPSA) is 61.4 Å². The third-order valence-corrected chi connectivity index (χ3v) is 8.62. The number of carbonyl (C=O) groups is 2. The van der Waals surface area contributed by atoms with Gasteiger partial charge in [-0.3, -0.25) is 9.59 Å². The van der Waals surface area contributed by atoms with E-state index in [1.807, 2.05) is 10.6 Å². The summed E-state index contributed by atoms with van der Waals surface area (Å²) in [5.41, 5.74) is 0. The first-order chi connectivity index (χ1) is 23.0. The first kappa shape index (κ1) is 46.2. The number of nitrogens with one attached hydrogen (secondary N) is 2. The van der Waals surface area contributed by atoms with Crippen molar-refractivity contribution in [3.63, 3.8) is 0 Å². The second-order valence-corrected chi connectivity index (χ2v) is 13.2. The summed E-state index contributed by atoms with van der Waals surface area (Å²) < 4.78 is 73.5. The summed E-state index contributed by atoms with van der Waals surface area (Å²) in [7, 11) is 0. The van der Waals surface area contributed by atoms with Crippen molar-refractivity contribution in [3.8, 4) is 0 Å². The van der Waals surface area contributed by atoms with Gasteiger partial charge in [-0.05, 0) is 77.4 Å². The van der Waals surface area contributed by atoms with E-state index in [0.29, 0.717) is 12.8 Å². The molecular weight excluding hydrogens is 632 g/mol. The van der Waals surface area contributed by atoms with Gasteiger partial charge in [0, 0.05) is 13.1 Å². The molecule has 0 aromatic heterocycles. The Balaban J connectivity index is 4.11. The monoisotopic (exact) mass is 700 g/mol. The highest BCUT2D eigenvalue weighted by molar-refractivity contribution is 5.81. The molecule has 0 spiro atoms. The fraction of sp³-hybridized carbons (Fsp3) is 0.892. The Bertz CT molecular complexity index is 790. The lowest BCUT2D eigenvalue weighted by Gasteiger charge is -2.22. The molecule has 0 rings (SSSR count). The molecule has 0 unspecified atom stereocenters. The quantitative estimate of drug-likeness (QED) is 0.0407. The predicted octanol–water partition coefficient (Wildman–Crippen LogP) is 11.0. The standard InChI is InChI=1S/C37H67F6N3O2/c1-2-3-4-5-6-7-8-9-10-11-12-13-14-16-21-26-31-46(33-28-23-18-20-25-30-45-35(48)37(41,42)43)32-27-22-17-15-19-24-29-44-34(47)36(38,39)40/h9-10H,2-8,11-33H2,1H3,(H,44,47)(H,45,48)/b10-9-. The van der Waals surface area contributed by atoms with Crippen molar-refractivity contribution in [2.45, 2.75) is 180 Å². The molecule has 284 valence electrons. The molecule has 0 aliphatic rings. The number of unbranched alkanes of at least 4 members (excludes halogenated alkanes) is 21. The number of hydrogen-bond donors (Lipinski definition) is 2. The van der Waals surface area contributed by atoms with Gasteiger partial charge in [0.25, 0.3) is 0 Å². The number of halogens is 6. The third kappa shape index (κ3) is 31.5. The fourth-order valence-electron chi connectivity index (χ4n) is 5.68. The Morgan fingerprint density at radius 3 is 1.08 bits per heavy atom. The lowest BCUT2D eigenvalue weighted by atomic mass is 10.1. The number of alkyl halides is 6. The molecule has 11 heteroatoms. The summed E-state index contributed by atoms with van der Waals surface area (Å²) >= 11 is 0. The van der Waals surface area contributed by atoms with E-state index in [2.05, 4.69) is 24.0 Å². The van der Waals surface area contributed by atoms with Gasteiger partial charge >= 0.3 is 24.2 Å². The molecule has 5 nitrogen and oxygen atoms in total. The Labute approximate surface area is 287 Å². The second-order valence-electron chi connectivity index (χ2n) is 13.2. The highest BCUT2D eigenvalue weighted by Gasteiger charge is 2.38. The molecule has 0 aromatic rings. The average Bonchev–Trinajstić information content (AvgIpc) is 3.03. The van der Waals surface area contributed by atoms with Crippen molar-refractivity contribution in [1.29, 1.82) is 0 Å². The van der Waals surface area contributed by atoms with Gasteiger partial charge in [-0.25, -0.2) is 0 Å². The van der Waals surface area contributed by atoms with Crippen LogP contribution in [-0.4, -0.2) is 61.8 Å². The molecule has 0 aliphatic carbocycles. The number of amides is 2. The average molecular weight is 700 g/mol. The van der Waals surface area contributed by atoms with E-state index in [1.54, 1.807) is 0 Å². The summed E-state index contributed by atoms with van der Waals surface area (Å²) in [6.07, 6.45) is 22.6. The van der Waals surface area contributed by atoms with Crippen LogP contribution >= 0.6 is 0 Å². The molecular formula is C37H67F6N3O2. The molecule has 2 N–H and O–H groups in total. The Hall–Kier alpha value is -1.78. The third-order valence-electron chi connectivity index (χ3n) is 8.62. The molecule has 0 saturated carbocycles. The number of hydrogen-bond acceptors (Lipinski definition) is 3. The smallest absolute Gasteiger partial charge is 0.348 e. The number of nitrogens with zero attached hydrogens (tertiary/aromatic N) is 1. The molecule has 0 aromatic carbocycles. The van der Waals surface area contributed by atoms with Gasteiger partial charge in [-0.15, -0.1) is 0 Å². The van der Waals surface area contributed by atoms with Crippen LogP contribution in [0.3, 0.4) is 0 Å². The van der Waals surface area contributed by atoms with Crippen molar-refractivity contribution in [3.05, 3.63) is 12.2 Å². The molecule has 0 bridgehead atoms. The summed E-state index contributed by atoms with van der Waals surface area (Å²) in [6.45, 7) is 5.40. The van der Waals surface area contributed by atoms with Crippen LogP contribution in [-0.2, 0) is 9.59 Å². The van der Waals surface area contributed by atoms with Crippen molar-refractivity contribution >= 4 is 11.8 Å². The molecule has 0 heterocycles. The summed E-state index contributed by atoms with van der Waals surface area (Å²) in [4.78, 5) is 24.2. The fourth-order valence-corrected chi connectivity index (χ4v) is 5.68. The van der Waals surface area contributed by atoms with Crippen LogP contribution in [0.25, 0.3) is 0 Å². The van der Waals surface area contributed by atoms with Crippen molar-refractivity contribution < 1.29 is 35.9 Å². The Morgan fingerprint density at radius 1 is 0.458 bits per heavy atom. The first-order valence-corrected chi connectivity index (χ1v) is 19.1. The molecule has 0 aliphatic heterocycles. The minimum atomic E-state index is -4.83. The van der Waals surface area contributed by atoms with Crippen LogP contribution in [0, 0.1) is 0 Å². The Kier molecular flexibility index (Phi) is 30.1. The second kappa shape index (κ2) is 31.2. The normalized spacial score (nSPS) is 12.3. The lowest BCUT2D eigenvalue weighted by molar-refractivity contribution is -0.173. The van der Waals surface area contributed by atoms with E-state index < -0.39 is 24.2 Å². The lowest BCUT2D eigenvalue weighted by Crippen LogP contribution is -2.37. The molecule has 0 radical (unpaired) electrons.